The van der Waals surface area contributed by atoms with Crippen LogP contribution in [0.4, 0.5) is 0 Å². The molecule has 0 radical (unpaired) electrons. The van der Waals surface area contributed by atoms with Gasteiger partial charge in [0.15, 0.2) is 0 Å². The lowest BCUT2D eigenvalue weighted by atomic mass is 9.78. The molecule has 2 amide bonds. The lowest BCUT2D eigenvalue weighted by molar-refractivity contribution is -0.138. The molecule has 0 unspecified atom stereocenters. The average Bonchev–Trinajstić information content (AvgIpc) is 3.16. The standard InChI is InChI=1S/C23H32N2O3/c26-21(24-20-9-5-7-18-6-1-2-8-19(18)20)16-23(10-3-4-11-23)17-22(27)25-12-14-28-15-13-25/h1-2,6,8,20H,3-5,7,9-17H2,(H,24,26)/t20-/m0/s1. The number of ether oxygens (including phenoxy) is 1. The topological polar surface area (TPSA) is 58.6 Å². The van der Waals surface area contributed by atoms with Crippen LogP contribution >= 0.6 is 0 Å². The molecule has 0 bridgehead atoms. The Hall–Kier alpha value is -1.88. The van der Waals surface area contributed by atoms with Crippen molar-refractivity contribution in [2.45, 2.75) is 63.8 Å². The maximum atomic E-state index is 13.0. The Morgan fingerprint density at radius 2 is 1.82 bits per heavy atom. The van der Waals surface area contributed by atoms with Gasteiger partial charge < -0.3 is 15.0 Å². The first-order chi connectivity index (χ1) is 13.7. The molecule has 28 heavy (non-hydrogen) atoms. The normalized spacial score (nSPS) is 23.9. The zero-order chi connectivity index (χ0) is 19.4. The number of aryl methyl sites for hydroxylation is 1. The van der Waals surface area contributed by atoms with Crippen LogP contribution in [0.3, 0.4) is 0 Å². The lowest BCUT2D eigenvalue weighted by Crippen LogP contribution is -2.43. The minimum atomic E-state index is -0.159. The number of fused-ring (bicyclic) bond motifs is 1. The van der Waals surface area contributed by atoms with Crippen LogP contribution in [-0.2, 0) is 20.7 Å². The Balaban J connectivity index is 1.39. The highest BCUT2D eigenvalue weighted by atomic mass is 16.5. The summed E-state index contributed by atoms with van der Waals surface area (Å²) in [5.74, 6) is 0.305. The smallest absolute Gasteiger partial charge is 0.223 e. The third-order valence-corrected chi connectivity index (χ3v) is 6.79. The summed E-state index contributed by atoms with van der Waals surface area (Å²) >= 11 is 0. The molecule has 1 N–H and O–H groups in total. The van der Waals surface area contributed by atoms with Gasteiger partial charge in [0.05, 0.1) is 19.3 Å². The number of carbonyl (C=O) groups excluding carboxylic acids is 2. The molecule has 4 rings (SSSR count). The number of rotatable bonds is 5. The molecule has 1 saturated heterocycles. The van der Waals surface area contributed by atoms with E-state index in [2.05, 4.69) is 29.6 Å². The summed E-state index contributed by atoms with van der Waals surface area (Å²) in [6, 6.07) is 8.57. The Morgan fingerprint density at radius 3 is 2.61 bits per heavy atom. The Labute approximate surface area is 167 Å². The van der Waals surface area contributed by atoms with Gasteiger partial charge in [0.1, 0.15) is 0 Å². The summed E-state index contributed by atoms with van der Waals surface area (Å²) in [6.45, 7) is 2.61. The predicted molar refractivity (Wildman–Crippen MR) is 108 cm³/mol. The molecule has 1 atom stereocenters. The van der Waals surface area contributed by atoms with Crippen molar-refractivity contribution in [1.29, 1.82) is 0 Å². The summed E-state index contributed by atoms with van der Waals surface area (Å²) in [6.07, 6.45) is 8.40. The zero-order valence-corrected chi connectivity index (χ0v) is 16.8. The van der Waals surface area contributed by atoms with Crippen LogP contribution in [0.1, 0.15) is 68.5 Å². The molecule has 152 valence electrons. The van der Waals surface area contributed by atoms with Gasteiger partial charge in [0.2, 0.25) is 11.8 Å². The Morgan fingerprint density at radius 1 is 1.07 bits per heavy atom. The minimum Gasteiger partial charge on any atom is -0.378 e. The Bertz CT molecular complexity index is 706. The summed E-state index contributed by atoms with van der Waals surface area (Å²) in [5, 5.41) is 3.30. The van der Waals surface area contributed by atoms with Gasteiger partial charge in [-0.05, 0) is 48.6 Å². The van der Waals surface area contributed by atoms with Crippen molar-refractivity contribution in [3.8, 4) is 0 Å². The first kappa shape index (κ1) is 19.4. The van der Waals surface area contributed by atoms with E-state index >= 15 is 0 Å². The van der Waals surface area contributed by atoms with E-state index < -0.39 is 0 Å². The first-order valence-electron chi connectivity index (χ1n) is 10.9. The number of amides is 2. The fourth-order valence-electron chi connectivity index (χ4n) is 5.28. The number of benzene rings is 1. The van der Waals surface area contributed by atoms with Crippen LogP contribution in [0.25, 0.3) is 0 Å². The van der Waals surface area contributed by atoms with Crippen LogP contribution in [0.2, 0.25) is 0 Å². The predicted octanol–water partition coefficient (Wildman–Crippen LogP) is 3.38. The van der Waals surface area contributed by atoms with E-state index in [9.17, 15) is 9.59 Å². The maximum Gasteiger partial charge on any atom is 0.223 e. The highest BCUT2D eigenvalue weighted by Crippen LogP contribution is 2.44. The fourth-order valence-corrected chi connectivity index (χ4v) is 5.28. The minimum absolute atomic E-state index is 0.110. The summed E-state index contributed by atoms with van der Waals surface area (Å²) in [4.78, 5) is 27.7. The summed E-state index contributed by atoms with van der Waals surface area (Å²) < 4.78 is 5.36. The van der Waals surface area contributed by atoms with Gasteiger partial charge in [0.25, 0.3) is 0 Å². The highest BCUT2D eigenvalue weighted by molar-refractivity contribution is 5.81. The molecule has 1 aromatic rings. The van der Waals surface area contributed by atoms with E-state index in [-0.39, 0.29) is 23.3 Å². The average molecular weight is 385 g/mol. The zero-order valence-electron chi connectivity index (χ0n) is 16.8. The third kappa shape index (κ3) is 4.40. The van der Waals surface area contributed by atoms with Crippen LogP contribution < -0.4 is 5.32 Å². The summed E-state index contributed by atoms with van der Waals surface area (Å²) in [5.41, 5.74) is 2.47. The van der Waals surface area contributed by atoms with Crippen LogP contribution in [0, 0.1) is 5.41 Å². The van der Waals surface area contributed by atoms with Gasteiger partial charge in [-0.25, -0.2) is 0 Å². The van der Waals surface area contributed by atoms with Crippen molar-refractivity contribution in [2.24, 2.45) is 5.41 Å². The second kappa shape index (κ2) is 8.64. The van der Waals surface area contributed by atoms with Crippen molar-refractivity contribution in [3.63, 3.8) is 0 Å². The molecule has 0 spiro atoms. The number of hydrogen-bond acceptors (Lipinski definition) is 3. The van der Waals surface area contributed by atoms with E-state index in [1.54, 1.807) is 0 Å². The number of carbonyl (C=O) groups is 2. The van der Waals surface area contributed by atoms with Crippen LogP contribution in [0.15, 0.2) is 24.3 Å². The van der Waals surface area contributed by atoms with E-state index in [4.69, 9.17) is 4.74 Å². The second-order valence-corrected chi connectivity index (χ2v) is 8.76. The molecule has 5 nitrogen and oxygen atoms in total. The molecule has 2 fully saturated rings. The molecule has 3 aliphatic rings. The number of nitrogens with zero attached hydrogens (tertiary/aromatic N) is 1. The molecular formula is C23H32N2O3. The molecule has 5 heteroatoms. The van der Waals surface area contributed by atoms with E-state index in [0.29, 0.717) is 39.1 Å². The molecule has 2 aliphatic carbocycles. The lowest BCUT2D eigenvalue weighted by Gasteiger charge is -2.34. The van der Waals surface area contributed by atoms with Gasteiger partial charge in [-0.1, -0.05) is 37.1 Å². The van der Waals surface area contributed by atoms with Crippen molar-refractivity contribution >= 4 is 11.8 Å². The van der Waals surface area contributed by atoms with Gasteiger partial charge in [-0.15, -0.1) is 0 Å². The maximum absolute atomic E-state index is 13.0. The van der Waals surface area contributed by atoms with E-state index in [1.165, 1.54) is 11.1 Å². The number of nitrogens with one attached hydrogen (secondary N) is 1. The highest BCUT2D eigenvalue weighted by Gasteiger charge is 2.39. The summed E-state index contributed by atoms with van der Waals surface area (Å²) in [7, 11) is 0. The van der Waals surface area contributed by atoms with E-state index in [0.717, 1.165) is 44.9 Å². The largest absolute Gasteiger partial charge is 0.378 e. The molecule has 1 saturated carbocycles. The molecular weight excluding hydrogens is 352 g/mol. The van der Waals surface area contributed by atoms with Crippen LogP contribution in [-0.4, -0.2) is 43.0 Å². The fraction of sp³-hybridized carbons (Fsp3) is 0.652. The van der Waals surface area contributed by atoms with Gasteiger partial charge >= 0.3 is 0 Å². The first-order valence-corrected chi connectivity index (χ1v) is 10.9. The molecule has 1 aromatic carbocycles. The Kier molecular flexibility index (Phi) is 6.00. The third-order valence-electron chi connectivity index (χ3n) is 6.79. The van der Waals surface area contributed by atoms with Crippen molar-refractivity contribution < 1.29 is 14.3 Å². The number of morpholine rings is 1. The SMILES string of the molecule is O=C(CC1(CC(=O)N2CCOCC2)CCCC1)N[C@H]1CCCc2ccccc21. The molecule has 1 heterocycles. The monoisotopic (exact) mass is 384 g/mol. The van der Waals surface area contributed by atoms with Gasteiger partial charge in [0, 0.05) is 25.9 Å². The van der Waals surface area contributed by atoms with Gasteiger partial charge in [-0.3, -0.25) is 9.59 Å². The quantitative estimate of drug-likeness (QED) is 0.847. The van der Waals surface area contributed by atoms with Crippen molar-refractivity contribution in [1.82, 2.24) is 10.2 Å². The number of hydrogen-bond donors (Lipinski definition) is 1. The second-order valence-electron chi connectivity index (χ2n) is 8.76. The van der Waals surface area contributed by atoms with E-state index in [1.807, 2.05) is 4.90 Å². The molecule has 0 aromatic heterocycles. The molecule has 1 aliphatic heterocycles. The van der Waals surface area contributed by atoms with Crippen LogP contribution in [0.5, 0.6) is 0 Å². The van der Waals surface area contributed by atoms with Gasteiger partial charge in [-0.2, -0.15) is 0 Å². The van der Waals surface area contributed by atoms with Crippen molar-refractivity contribution in [3.05, 3.63) is 35.4 Å². The van der Waals surface area contributed by atoms with Crippen molar-refractivity contribution in [2.75, 3.05) is 26.3 Å².